The highest BCUT2D eigenvalue weighted by Crippen LogP contribution is 2.36. The summed E-state index contributed by atoms with van der Waals surface area (Å²) in [4.78, 5) is 12.7. The Morgan fingerprint density at radius 2 is 1.46 bits per heavy atom. The van der Waals surface area contributed by atoms with Gasteiger partial charge < -0.3 is 64.9 Å². The fourth-order valence-electron chi connectivity index (χ4n) is 4.70. The van der Waals surface area contributed by atoms with Crippen LogP contribution in [0.1, 0.15) is 29.3 Å². The fourth-order valence-corrected chi connectivity index (χ4v) is 4.70. The lowest BCUT2D eigenvalue weighted by molar-refractivity contribution is -0.354. The van der Waals surface area contributed by atoms with Crippen molar-refractivity contribution < 1.29 is 69.7 Å². The number of ketones is 1. The van der Waals surface area contributed by atoms with Crippen LogP contribution in [0.25, 0.3) is 0 Å². The first-order valence-electron chi connectivity index (χ1n) is 12.9. The first-order valence-corrected chi connectivity index (χ1v) is 12.9. The van der Waals surface area contributed by atoms with Gasteiger partial charge in [-0.3, -0.25) is 4.79 Å². The van der Waals surface area contributed by atoms with E-state index < -0.39 is 85.3 Å². The molecule has 10 atom stereocenters. The number of aliphatic hydroxyl groups excluding tert-OH is 6. The van der Waals surface area contributed by atoms with Gasteiger partial charge in [0.1, 0.15) is 65.2 Å². The van der Waals surface area contributed by atoms with Crippen LogP contribution >= 0.6 is 0 Å². The summed E-state index contributed by atoms with van der Waals surface area (Å²) in [5.41, 5.74) is 0.385. The van der Waals surface area contributed by atoms with Crippen molar-refractivity contribution in [2.75, 3.05) is 6.61 Å². The average Bonchev–Trinajstić information content (AvgIpc) is 2.93. The molecule has 0 spiro atoms. The summed E-state index contributed by atoms with van der Waals surface area (Å²) in [6.07, 6.45) is -15.3. The second-order valence-electron chi connectivity index (χ2n) is 10.0. The lowest BCUT2D eigenvalue weighted by Gasteiger charge is -2.45. The number of phenolic OH excluding ortho intramolecular Hbond substituents is 3. The average molecular weight is 583 g/mol. The summed E-state index contributed by atoms with van der Waals surface area (Å²) >= 11 is 0. The predicted octanol–water partition coefficient (Wildman–Crippen LogP) is -1.35. The Morgan fingerprint density at radius 3 is 2.07 bits per heavy atom. The molecule has 41 heavy (non-hydrogen) atoms. The lowest BCUT2D eigenvalue weighted by Crippen LogP contribution is -2.64. The molecule has 14 heteroatoms. The van der Waals surface area contributed by atoms with Gasteiger partial charge in [0.05, 0.1) is 12.7 Å². The van der Waals surface area contributed by atoms with Crippen LogP contribution in [-0.2, 0) is 20.6 Å². The van der Waals surface area contributed by atoms with Gasteiger partial charge in [-0.25, -0.2) is 0 Å². The number of hydrogen-bond donors (Lipinski definition) is 9. The third-order valence-corrected chi connectivity index (χ3v) is 7.10. The number of aryl methyl sites for hydroxylation is 1. The van der Waals surface area contributed by atoms with E-state index in [0.29, 0.717) is 0 Å². The van der Waals surface area contributed by atoms with Crippen LogP contribution < -0.4 is 4.74 Å². The molecule has 9 N–H and O–H groups in total. The number of carbonyl (C=O) groups excluding carboxylic acids is 1. The highest BCUT2D eigenvalue weighted by atomic mass is 16.8. The van der Waals surface area contributed by atoms with Crippen molar-refractivity contribution in [2.45, 2.75) is 81.2 Å². The van der Waals surface area contributed by atoms with Crippen molar-refractivity contribution in [3.8, 4) is 23.0 Å². The Kier molecular flexibility index (Phi) is 9.69. The molecule has 0 aliphatic carbocycles. The summed E-state index contributed by atoms with van der Waals surface area (Å²) < 4.78 is 22.2. The molecular weight excluding hydrogens is 548 g/mol. The van der Waals surface area contributed by atoms with Gasteiger partial charge in [0.25, 0.3) is 0 Å². The molecule has 2 fully saturated rings. The zero-order valence-corrected chi connectivity index (χ0v) is 21.9. The highest BCUT2D eigenvalue weighted by molar-refractivity contribution is 6.01. The topological polar surface area (TPSA) is 236 Å². The van der Waals surface area contributed by atoms with Crippen molar-refractivity contribution in [1.29, 1.82) is 0 Å². The van der Waals surface area contributed by atoms with Crippen LogP contribution in [0.3, 0.4) is 0 Å². The van der Waals surface area contributed by atoms with Crippen molar-refractivity contribution in [3.63, 3.8) is 0 Å². The minimum Gasteiger partial charge on any atom is -0.508 e. The first kappa shape index (κ1) is 30.9. The van der Waals surface area contributed by atoms with E-state index in [2.05, 4.69) is 0 Å². The quantitative estimate of drug-likeness (QED) is 0.156. The van der Waals surface area contributed by atoms with E-state index in [1.165, 1.54) is 19.1 Å². The number of aliphatic hydroxyl groups is 6. The van der Waals surface area contributed by atoms with Gasteiger partial charge in [-0.15, -0.1) is 0 Å². The Hall–Kier alpha value is -3.05. The normalized spacial score (nSPS) is 33.8. The number of benzene rings is 2. The second-order valence-corrected chi connectivity index (χ2v) is 10.0. The zero-order valence-electron chi connectivity index (χ0n) is 21.9. The van der Waals surface area contributed by atoms with Gasteiger partial charge in [0.15, 0.2) is 18.2 Å². The molecule has 0 radical (unpaired) electrons. The van der Waals surface area contributed by atoms with Gasteiger partial charge in [0.2, 0.25) is 6.29 Å². The van der Waals surface area contributed by atoms with E-state index in [4.69, 9.17) is 18.9 Å². The van der Waals surface area contributed by atoms with Crippen LogP contribution in [0.5, 0.6) is 23.0 Å². The van der Waals surface area contributed by atoms with Gasteiger partial charge in [-0.05, 0) is 31.0 Å². The maximum absolute atomic E-state index is 12.7. The van der Waals surface area contributed by atoms with Crippen LogP contribution in [-0.4, -0.2) is 120 Å². The molecule has 2 aromatic rings. The van der Waals surface area contributed by atoms with Crippen molar-refractivity contribution in [3.05, 3.63) is 47.5 Å². The molecule has 226 valence electrons. The van der Waals surface area contributed by atoms with Crippen LogP contribution in [0.2, 0.25) is 0 Å². The van der Waals surface area contributed by atoms with Crippen LogP contribution in [0.4, 0.5) is 0 Å². The molecule has 1 unspecified atom stereocenters. The first-order chi connectivity index (χ1) is 19.4. The summed E-state index contributed by atoms with van der Waals surface area (Å²) in [7, 11) is 0. The van der Waals surface area contributed by atoms with E-state index in [1.54, 1.807) is 12.1 Å². The molecule has 0 amide bonds. The second kappa shape index (κ2) is 12.9. The minimum atomic E-state index is -1.77. The standard InChI is InChI=1S/C27H34O14/c1-11-20(33)22(35)24(37)26(38-11)41-25-23(36)21(34)18(10-28)40-27(25)39-14-8-16(31)19(17(32)9-14)15(30)7-4-12-2-5-13(29)6-3-12/h2-3,5-6,8-9,11,18,20-29,31-37H,4,7,10H2,1H3/t11-,18-,20-,21-,22+,23+,24+,25-,26-,27?/m0/s1. The maximum atomic E-state index is 12.7. The van der Waals surface area contributed by atoms with Gasteiger partial charge in [-0.2, -0.15) is 0 Å². The molecule has 0 bridgehead atoms. The smallest absolute Gasteiger partial charge is 0.229 e. The van der Waals surface area contributed by atoms with E-state index >= 15 is 0 Å². The van der Waals surface area contributed by atoms with Gasteiger partial charge in [-0.1, -0.05) is 12.1 Å². The third-order valence-electron chi connectivity index (χ3n) is 7.10. The fraction of sp³-hybridized carbons (Fsp3) is 0.519. The Balaban J connectivity index is 1.52. The molecule has 0 saturated carbocycles. The predicted molar refractivity (Wildman–Crippen MR) is 136 cm³/mol. The molecule has 0 aromatic heterocycles. The van der Waals surface area contributed by atoms with E-state index in [1.807, 2.05) is 0 Å². The molecule has 2 aliphatic heterocycles. The van der Waals surface area contributed by atoms with E-state index in [0.717, 1.165) is 17.7 Å². The Morgan fingerprint density at radius 1 is 0.829 bits per heavy atom. The largest absolute Gasteiger partial charge is 0.508 e. The minimum absolute atomic E-state index is 0.0706. The summed E-state index contributed by atoms with van der Waals surface area (Å²) in [5, 5.41) is 91.5. The Labute approximate surface area is 234 Å². The maximum Gasteiger partial charge on any atom is 0.229 e. The van der Waals surface area contributed by atoms with Crippen molar-refractivity contribution >= 4 is 5.78 Å². The number of phenols is 3. The number of aromatic hydroxyl groups is 3. The van der Waals surface area contributed by atoms with E-state index in [-0.39, 0.29) is 29.9 Å². The number of ether oxygens (including phenoxy) is 4. The molecule has 14 nitrogen and oxygen atoms in total. The highest BCUT2D eigenvalue weighted by Gasteiger charge is 2.51. The molecular formula is C27H34O14. The molecule has 2 aliphatic rings. The van der Waals surface area contributed by atoms with Gasteiger partial charge >= 0.3 is 0 Å². The monoisotopic (exact) mass is 582 g/mol. The number of Topliss-reactive ketones (excluding diaryl/α,β-unsaturated/α-hetero) is 1. The summed E-state index contributed by atoms with van der Waals surface area (Å²) in [6.45, 7) is 0.675. The lowest BCUT2D eigenvalue weighted by atomic mass is 9.97. The summed E-state index contributed by atoms with van der Waals surface area (Å²) in [5.74, 6) is -2.00. The number of hydrogen-bond acceptors (Lipinski definition) is 14. The van der Waals surface area contributed by atoms with E-state index in [9.17, 15) is 50.8 Å². The zero-order chi connectivity index (χ0) is 30.0. The SMILES string of the molecule is C[C@@H]1O[C@@H](O[C@@H]2C(Oc3cc(O)c(C(=O)CCc4ccc(O)cc4)c(O)c3)O[C@@H](CO)[C@H](O)[C@H]2O)[C@H](O)[C@H](O)[C@H]1O. The third kappa shape index (κ3) is 6.72. The Bertz CT molecular complexity index is 1170. The molecule has 2 saturated heterocycles. The molecule has 2 heterocycles. The van der Waals surface area contributed by atoms with Crippen LogP contribution in [0.15, 0.2) is 36.4 Å². The van der Waals surface area contributed by atoms with Gasteiger partial charge in [0, 0.05) is 18.6 Å². The molecule has 4 rings (SSSR count). The molecule has 2 aromatic carbocycles. The van der Waals surface area contributed by atoms with Crippen molar-refractivity contribution in [1.82, 2.24) is 0 Å². The van der Waals surface area contributed by atoms with Crippen LogP contribution in [0, 0.1) is 0 Å². The number of carbonyl (C=O) groups is 1. The van der Waals surface area contributed by atoms with Crippen molar-refractivity contribution in [2.24, 2.45) is 0 Å². The summed E-state index contributed by atoms with van der Waals surface area (Å²) in [6, 6.07) is 8.22. The number of rotatable bonds is 9.